The molecule has 2 aliphatic rings. The minimum absolute atomic E-state index is 0.0231. The summed E-state index contributed by atoms with van der Waals surface area (Å²) in [5.41, 5.74) is 0. The number of hydrogen-bond acceptors (Lipinski definition) is 4. The maximum Gasteiger partial charge on any atom is 0.306 e. The van der Waals surface area contributed by atoms with E-state index in [-0.39, 0.29) is 25.6 Å². The van der Waals surface area contributed by atoms with Gasteiger partial charge in [0, 0.05) is 19.6 Å². The molecule has 1 aliphatic carbocycles. The highest BCUT2D eigenvalue weighted by Gasteiger charge is 2.32. The molecule has 0 spiro atoms. The minimum atomic E-state index is -3.58. The van der Waals surface area contributed by atoms with E-state index >= 15 is 0 Å². The molecule has 2 fully saturated rings. The summed E-state index contributed by atoms with van der Waals surface area (Å²) in [7, 11) is -3.58. The Balaban J connectivity index is 1.83. The number of hydrogen-bond donors (Lipinski definition) is 3. The Morgan fingerprint density at radius 1 is 1.14 bits per heavy atom. The second kappa shape index (κ2) is 7.04. The van der Waals surface area contributed by atoms with E-state index in [1.807, 2.05) is 0 Å². The van der Waals surface area contributed by atoms with Gasteiger partial charge in [-0.1, -0.05) is 12.8 Å². The minimum Gasteiger partial charge on any atom is -0.481 e. The van der Waals surface area contributed by atoms with E-state index in [9.17, 15) is 18.3 Å². The largest absolute Gasteiger partial charge is 0.481 e. The predicted octanol–water partition coefficient (Wildman–Crippen LogP) is 0.168. The number of aliphatic carboxylic acids is 1. The third-order valence-corrected chi connectivity index (χ3v) is 6.12. The highest BCUT2D eigenvalue weighted by atomic mass is 32.2. The maximum atomic E-state index is 12.2. The molecule has 8 heteroatoms. The van der Waals surface area contributed by atoms with Gasteiger partial charge in [0.05, 0.1) is 12.0 Å². The Morgan fingerprint density at radius 3 is 2.33 bits per heavy atom. The number of nitrogens with zero attached hydrogens (tertiary/aromatic N) is 1. The van der Waals surface area contributed by atoms with Crippen molar-refractivity contribution in [3.05, 3.63) is 0 Å². The van der Waals surface area contributed by atoms with E-state index in [1.165, 1.54) is 4.31 Å². The van der Waals surface area contributed by atoms with Gasteiger partial charge in [-0.2, -0.15) is 12.7 Å². The average molecular weight is 320 g/mol. The van der Waals surface area contributed by atoms with E-state index in [0.717, 1.165) is 25.7 Å². The Labute approximate surface area is 125 Å². The summed E-state index contributed by atoms with van der Waals surface area (Å²) in [6.45, 7) is 0.724. The summed E-state index contributed by atoms with van der Waals surface area (Å²) >= 11 is 0. The summed E-state index contributed by atoms with van der Waals surface area (Å²) < 4.78 is 28.3. The molecule has 0 amide bonds. The van der Waals surface area contributed by atoms with Crippen molar-refractivity contribution in [1.29, 1.82) is 0 Å². The number of carbonyl (C=O) groups is 1. The molecule has 0 aromatic rings. The average Bonchev–Trinajstić information content (AvgIpc) is 2.46. The molecule has 1 saturated carbocycles. The van der Waals surface area contributed by atoms with Crippen molar-refractivity contribution in [1.82, 2.24) is 9.03 Å². The van der Waals surface area contributed by atoms with Crippen LogP contribution in [0, 0.1) is 11.8 Å². The van der Waals surface area contributed by atoms with Crippen LogP contribution in [-0.2, 0) is 15.0 Å². The normalized spacial score (nSPS) is 29.4. The molecule has 0 aromatic heterocycles. The van der Waals surface area contributed by atoms with Gasteiger partial charge < -0.3 is 10.2 Å². The van der Waals surface area contributed by atoms with E-state index < -0.39 is 28.2 Å². The second-order valence-electron chi connectivity index (χ2n) is 5.98. The Kier molecular flexibility index (Phi) is 5.59. The monoisotopic (exact) mass is 320 g/mol. The summed E-state index contributed by atoms with van der Waals surface area (Å²) in [5, 5.41) is 18.8. The van der Waals surface area contributed by atoms with Crippen molar-refractivity contribution in [2.24, 2.45) is 11.8 Å². The van der Waals surface area contributed by atoms with Crippen molar-refractivity contribution in [2.45, 2.75) is 44.6 Å². The Hall–Kier alpha value is -0.700. The van der Waals surface area contributed by atoms with Gasteiger partial charge in [-0.3, -0.25) is 4.79 Å². The highest BCUT2D eigenvalue weighted by Crippen LogP contribution is 2.24. The first-order chi connectivity index (χ1) is 9.90. The van der Waals surface area contributed by atoms with Crippen LogP contribution in [0.5, 0.6) is 0 Å². The number of aliphatic hydroxyl groups excluding tert-OH is 1. The number of carboxylic acid groups (broad SMARTS) is 1. The summed E-state index contributed by atoms with van der Waals surface area (Å²) in [5.74, 6) is -1.33. The van der Waals surface area contributed by atoms with Crippen LogP contribution >= 0.6 is 0 Å². The SMILES string of the molecule is O=C(O)C1CCN(S(=O)(=O)NCC2CCCCC2O)CC1. The molecule has 1 saturated heterocycles. The van der Waals surface area contributed by atoms with Crippen LogP contribution in [0.25, 0.3) is 0 Å². The molecule has 3 N–H and O–H groups in total. The fourth-order valence-electron chi connectivity index (χ4n) is 3.07. The van der Waals surface area contributed by atoms with E-state index in [4.69, 9.17) is 5.11 Å². The van der Waals surface area contributed by atoms with Crippen LogP contribution in [0.1, 0.15) is 38.5 Å². The van der Waals surface area contributed by atoms with Crippen molar-refractivity contribution in [3.63, 3.8) is 0 Å². The number of aliphatic hydroxyl groups is 1. The molecule has 2 rings (SSSR count). The molecule has 0 bridgehead atoms. The predicted molar refractivity (Wildman–Crippen MR) is 76.8 cm³/mol. The molecule has 2 unspecified atom stereocenters. The third-order valence-electron chi connectivity index (χ3n) is 4.54. The molecule has 1 heterocycles. The lowest BCUT2D eigenvalue weighted by Crippen LogP contribution is -2.48. The maximum absolute atomic E-state index is 12.2. The van der Waals surface area contributed by atoms with Gasteiger partial charge in [-0.25, -0.2) is 4.72 Å². The molecule has 0 aromatic carbocycles. The van der Waals surface area contributed by atoms with E-state index in [1.54, 1.807) is 0 Å². The summed E-state index contributed by atoms with van der Waals surface area (Å²) in [4.78, 5) is 10.9. The fourth-order valence-corrected chi connectivity index (χ4v) is 4.37. The van der Waals surface area contributed by atoms with Gasteiger partial charge in [0.15, 0.2) is 0 Å². The highest BCUT2D eigenvalue weighted by molar-refractivity contribution is 7.87. The van der Waals surface area contributed by atoms with Gasteiger partial charge in [0.2, 0.25) is 0 Å². The molecule has 21 heavy (non-hydrogen) atoms. The molecule has 1 aliphatic heterocycles. The van der Waals surface area contributed by atoms with Crippen LogP contribution < -0.4 is 4.72 Å². The van der Waals surface area contributed by atoms with Gasteiger partial charge in [-0.15, -0.1) is 0 Å². The molecular formula is C13H24N2O5S. The van der Waals surface area contributed by atoms with E-state index in [0.29, 0.717) is 12.8 Å². The molecule has 2 atom stereocenters. The number of piperidine rings is 1. The number of carboxylic acids is 1. The summed E-state index contributed by atoms with van der Waals surface area (Å²) in [6.07, 6.45) is 3.85. The molecule has 122 valence electrons. The van der Waals surface area contributed by atoms with Crippen LogP contribution in [0.15, 0.2) is 0 Å². The zero-order valence-electron chi connectivity index (χ0n) is 12.1. The van der Waals surface area contributed by atoms with Gasteiger partial charge >= 0.3 is 5.97 Å². The quantitative estimate of drug-likeness (QED) is 0.669. The van der Waals surface area contributed by atoms with Crippen LogP contribution in [0.2, 0.25) is 0 Å². The Bertz CT molecular complexity index is 459. The van der Waals surface area contributed by atoms with Crippen molar-refractivity contribution in [2.75, 3.05) is 19.6 Å². The van der Waals surface area contributed by atoms with Crippen molar-refractivity contribution >= 4 is 16.2 Å². The number of nitrogens with one attached hydrogen (secondary N) is 1. The van der Waals surface area contributed by atoms with Crippen LogP contribution in [0.3, 0.4) is 0 Å². The van der Waals surface area contributed by atoms with E-state index in [2.05, 4.69) is 4.72 Å². The topological polar surface area (TPSA) is 107 Å². The van der Waals surface area contributed by atoms with Gasteiger partial charge in [0.1, 0.15) is 0 Å². The van der Waals surface area contributed by atoms with Crippen molar-refractivity contribution in [3.8, 4) is 0 Å². The smallest absolute Gasteiger partial charge is 0.306 e. The first kappa shape index (κ1) is 16.7. The lowest BCUT2D eigenvalue weighted by molar-refractivity contribution is -0.142. The second-order valence-corrected chi connectivity index (χ2v) is 7.73. The van der Waals surface area contributed by atoms with Crippen LogP contribution in [-0.4, -0.2) is 54.6 Å². The zero-order valence-corrected chi connectivity index (χ0v) is 12.9. The van der Waals surface area contributed by atoms with Gasteiger partial charge in [0.25, 0.3) is 10.2 Å². The molecule has 7 nitrogen and oxygen atoms in total. The molecular weight excluding hydrogens is 296 g/mol. The Morgan fingerprint density at radius 2 is 1.76 bits per heavy atom. The lowest BCUT2D eigenvalue weighted by Gasteiger charge is -2.31. The van der Waals surface area contributed by atoms with Crippen molar-refractivity contribution < 1.29 is 23.4 Å². The first-order valence-corrected chi connectivity index (χ1v) is 9.00. The lowest BCUT2D eigenvalue weighted by atomic mass is 9.87. The first-order valence-electron chi connectivity index (χ1n) is 7.56. The summed E-state index contributed by atoms with van der Waals surface area (Å²) in [6, 6.07) is 0. The zero-order chi connectivity index (χ0) is 15.5. The number of rotatable bonds is 5. The third kappa shape index (κ3) is 4.38. The standard InChI is InChI=1S/C13H24N2O5S/c16-12-4-2-1-3-11(12)9-14-21(19,20)15-7-5-10(6-8-15)13(17)18/h10-12,14,16H,1-9H2,(H,17,18). The molecule has 0 radical (unpaired) electrons. The van der Waals surface area contributed by atoms with Gasteiger partial charge in [-0.05, 0) is 31.6 Å². The van der Waals surface area contributed by atoms with Crippen LogP contribution in [0.4, 0.5) is 0 Å². The fraction of sp³-hybridized carbons (Fsp3) is 0.923.